The van der Waals surface area contributed by atoms with Crippen molar-refractivity contribution in [2.45, 2.75) is 64.6 Å². The van der Waals surface area contributed by atoms with Crippen LogP contribution >= 0.6 is 0 Å². The molecule has 1 saturated heterocycles. The van der Waals surface area contributed by atoms with Crippen molar-refractivity contribution in [3.05, 3.63) is 0 Å². The van der Waals surface area contributed by atoms with Gasteiger partial charge in [0.25, 0.3) is 0 Å². The molecule has 0 radical (unpaired) electrons. The van der Waals surface area contributed by atoms with Gasteiger partial charge in [-0.2, -0.15) is 0 Å². The lowest BCUT2D eigenvalue weighted by atomic mass is 10.0. The van der Waals surface area contributed by atoms with Crippen molar-refractivity contribution in [3.8, 4) is 0 Å². The largest absolute Gasteiger partial charge is 0.444 e. The molecular weight excluding hydrogens is 258 g/mol. The number of carbonyl (C=O) groups excluding carboxylic acids is 2. The van der Waals surface area contributed by atoms with Crippen LogP contribution in [0.2, 0.25) is 0 Å². The second kappa shape index (κ2) is 6.92. The molecule has 1 heterocycles. The summed E-state index contributed by atoms with van der Waals surface area (Å²) in [5.41, 5.74) is 5.26. The van der Waals surface area contributed by atoms with Gasteiger partial charge in [0.15, 0.2) is 0 Å². The van der Waals surface area contributed by atoms with Gasteiger partial charge in [0.05, 0.1) is 0 Å². The van der Waals surface area contributed by atoms with Gasteiger partial charge in [-0.05, 0) is 40.0 Å². The molecule has 1 aliphatic rings. The van der Waals surface area contributed by atoms with Crippen LogP contribution < -0.4 is 11.1 Å². The van der Waals surface area contributed by atoms with Crippen LogP contribution in [0.3, 0.4) is 0 Å². The number of alkyl carbamates (subject to hydrolysis) is 1. The second-order valence-electron chi connectivity index (χ2n) is 6.27. The Balaban J connectivity index is 2.53. The molecule has 116 valence electrons. The number of piperidine rings is 1. The van der Waals surface area contributed by atoms with Crippen molar-refractivity contribution in [1.82, 2.24) is 10.2 Å². The lowest BCUT2D eigenvalue weighted by molar-refractivity contribution is -0.134. The van der Waals surface area contributed by atoms with E-state index in [0.29, 0.717) is 19.5 Å². The summed E-state index contributed by atoms with van der Waals surface area (Å²) in [6.45, 7) is 8.57. The summed E-state index contributed by atoms with van der Waals surface area (Å²) in [6, 6.07) is -0.350. The summed E-state index contributed by atoms with van der Waals surface area (Å²) in [6.07, 6.45) is 1.62. The highest BCUT2D eigenvalue weighted by Crippen LogP contribution is 2.12. The molecule has 0 spiro atoms. The van der Waals surface area contributed by atoms with E-state index in [-0.39, 0.29) is 11.9 Å². The fourth-order valence-corrected chi connectivity index (χ4v) is 2.13. The first-order valence-electron chi connectivity index (χ1n) is 7.27. The predicted molar refractivity (Wildman–Crippen MR) is 77.2 cm³/mol. The second-order valence-corrected chi connectivity index (χ2v) is 6.27. The zero-order valence-electron chi connectivity index (χ0n) is 12.9. The molecule has 3 N–H and O–H groups in total. The van der Waals surface area contributed by atoms with Gasteiger partial charge in [-0.1, -0.05) is 6.92 Å². The van der Waals surface area contributed by atoms with E-state index >= 15 is 0 Å². The van der Waals surface area contributed by atoms with E-state index in [4.69, 9.17) is 10.5 Å². The first-order valence-corrected chi connectivity index (χ1v) is 7.27. The SMILES string of the molecule is CC[C@H](NC(=O)OC(C)(C)C)C(=O)N1CCC(N)CC1. The average Bonchev–Trinajstić information content (AvgIpc) is 2.34. The number of rotatable bonds is 3. The van der Waals surface area contributed by atoms with Crippen molar-refractivity contribution in [2.75, 3.05) is 13.1 Å². The lowest BCUT2D eigenvalue weighted by Crippen LogP contribution is -2.52. The predicted octanol–water partition coefficient (Wildman–Crippen LogP) is 1.24. The Hall–Kier alpha value is -1.30. The molecule has 6 heteroatoms. The van der Waals surface area contributed by atoms with E-state index < -0.39 is 17.7 Å². The number of amides is 2. The smallest absolute Gasteiger partial charge is 0.408 e. The molecule has 0 saturated carbocycles. The molecule has 0 aromatic carbocycles. The molecule has 0 aromatic heterocycles. The van der Waals surface area contributed by atoms with Crippen LogP contribution in [0.1, 0.15) is 47.0 Å². The van der Waals surface area contributed by atoms with Crippen molar-refractivity contribution in [2.24, 2.45) is 5.73 Å². The van der Waals surface area contributed by atoms with Crippen molar-refractivity contribution in [1.29, 1.82) is 0 Å². The third-order valence-corrected chi connectivity index (χ3v) is 3.25. The van der Waals surface area contributed by atoms with Gasteiger partial charge < -0.3 is 20.7 Å². The summed E-state index contributed by atoms with van der Waals surface area (Å²) in [5, 5.41) is 2.65. The van der Waals surface area contributed by atoms with Crippen LogP contribution in [-0.4, -0.2) is 47.7 Å². The Morgan fingerprint density at radius 2 is 1.90 bits per heavy atom. The maximum absolute atomic E-state index is 12.4. The fraction of sp³-hybridized carbons (Fsp3) is 0.857. The van der Waals surface area contributed by atoms with Crippen molar-refractivity contribution < 1.29 is 14.3 Å². The molecule has 20 heavy (non-hydrogen) atoms. The van der Waals surface area contributed by atoms with E-state index in [1.165, 1.54) is 0 Å². The topological polar surface area (TPSA) is 84.7 Å². The maximum atomic E-state index is 12.4. The molecule has 0 unspecified atom stereocenters. The summed E-state index contributed by atoms with van der Waals surface area (Å²) in [7, 11) is 0. The molecule has 0 aliphatic carbocycles. The van der Waals surface area contributed by atoms with Crippen LogP contribution in [0.5, 0.6) is 0 Å². The summed E-state index contributed by atoms with van der Waals surface area (Å²) >= 11 is 0. The quantitative estimate of drug-likeness (QED) is 0.817. The molecule has 6 nitrogen and oxygen atoms in total. The Labute approximate surface area is 121 Å². The van der Waals surface area contributed by atoms with Gasteiger partial charge in [-0.25, -0.2) is 4.79 Å². The lowest BCUT2D eigenvalue weighted by Gasteiger charge is -2.33. The van der Waals surface area contributed by atoms with E-state index in [9.17, 15) is 9.59 Å². The molecule has 1 rings (SSSR count). The first kappa shape index (κ1) is 16.8. The minimum atomic E-state index is -0.566. The number of carbonyl (C=O) groups is 2. The van der Waals surface area contributed by atoms with E-state index in [1.54, 1.807) is 25.7 Å². The van der Waals surface area contributed by atoms with Crippen LogP contribution in [0.4, 0.5) is 4.79 Å². The standard InChI is InChI=1S/C14H27N3O3/c1-5-11(16-13(19)20-14(2,3)4)12(18)17-8-6-10(15)7-9-17/h10-11H,5-9,15H2,1-4H3,(H,16,19)/t11-/m0/s1. The summed E-state index contributed by atoms with van der Waals surface area (Å²) in [4.78, 5) is 25.9. The summed E-state index contributed by atoms with van der Waals surface area (Å²) in [5.74, 6) is -0.0507. The molecule has 0 aromatic rings. The molecule has 1 fully saturated rings. The highest BCUT2D eigenvalue weighted by molar-refractivity contribution is 5.85. The Bertz CT molecular complexity index is 344. The number of ether oxygens (including phenoxy) is 1. The van der Waals surface area contributed by atoms with Crippen molar-refractivity contribution >= 4 is 12.0 Å². The van der Waals surface area contributed by atoms with E-state index in [2.05, 4.69) is 5.32 Å². The molecular formula is C14H27N3O3. The minimum absolute atomic E-state index is 0.0507. The van der Waals surface area contributed by atoms with Gasteiger partial charge in [0.2, 0.25) is 5.91 Å². The summed E-state index contributed by atoms with van der Waals surface area (Å²) < 4.78 is 5.18. The average molecular weight is 285 g/mol. The number of likely N-dealkylation sites (tertiary alicyclic amines) is 1. The Morgan fingerprint density at radius 3 is 2.35 bits per heavy atom. The number of nitrogens with zero attached hydrogens (tertiary/aromatic N) is 1. The number of nitrogens with two attached hydrogens (primary N) is 1. The Kier molecular flexibility index (Phi) is 5.80. The van der Waals surface area contributed by atoms with Gasteiger partial charge >= 0.3 is 6.09 Å². The maximum Gasteiger partial charge on any atom is 0.408 e. The first-order chi connectivity index (χ1) is 9.23. The zero-order chi connectivity index (χ0) is 15.3. The van der Waals surface area contributed by atoms with Gasteiger partial charge in [0.1, 0.15) is 11.6 Å². The van der Waals surface area contributed by atoms with Crippen LogP contribution in [-0.2, 0) is 9.53 Å². The number of nitrogens with one attached hydrogen (secondary N) is 1. The zero-order valence-corrected chi connectivity index (χ0v) is 12.9. The number of hydrogen-bond acceptors (Lipinski definition) is 4. The fourth-order valence-electron chi connectivity index (χ4n) is 2.13. The monoisotopic (exact) mass is 285 g/mol. The van der Waals surface area contributed by atoms with Crippen molar-refractivity contribution in [3.63, 3.8) is 0 Å². The molecule has 0 bridgehead atoms. The number of hydrogen-bond donors (Lipinski definition) is 2. The van der Waals surface area contributed by atoms with Gasteiger partial charge in [-0.3, -0.25) is 4.79 Å². The third kappa shape index (κ3) is 5.36. The van der Waals surface area contributed by atoms with Crippen LogP contribution in [0, 0.1) is 0 Å². The van der Waals surface area contributed by atoms with E-state index in [0.717, 1.165) is 12.8 Å². The van der Waals surface area contributed by atoms with Gasteiger partial charge in [-0.15, -0.1) is 0 Å². The molecule has 2 amide bonds. The van der Waals surface area contributed by atoms with Gasteiger partial charge in [0, 0.05) is 19.1 Å². The van der Waals surface area contributed by atoms with Crippen LogP contribution in [0.25, 0.3) is 0 Å². The normalized spacial score (nSPS) is 18.6. The Morgan fingerprint density at radius 1 is 1.35 bits per heavy atom. The van der Waals surface area contributed by atoms with Crippen LogP contribution in [0.15, 0.2) is 0 Å². The minimum Gasteiger partial charge on any atom is -0.444 e. The highest BCUT2D eigenvalue weighted by atomic mass is 16.6. The van der Waals surface area contributed by atoms with E-state index in [1.807, 2.05) is 6.92 Å². The highest BCUT2D eigenvalue weighted by Gasteiger charge is 2.28. The third-order valence-electron chi connectivity index (χ3n) is 3.25. The molecule has 1 aliphatic heterocycles. The molecule has 1 atom stereocenters.